The van der Waals surface area contributed by atoms with E-state index in [4.69, 9.17) is 4.42 Å². The zero-order chi connectivity index (χ0) is 15.5. The maximum atomic E-state index is 13.1. The summed E-state index contributed by atoms with van der Waals surface area (Å²) in [6, 6.07) is 10.9. The van der Waals surface area contributed by atoms with Crippen molar-refractivity contribution in [3.8, 4) is 11.5 Å². The van der Waals surface area contributed by atoms with Crippen LogP contribution in [0.3, 0.4) is 0 Å². The molecule has 0 unspecified atom stereocenters. The van der Waals surface area contributed by atoms with Gasteiger partial charge in [-0.2, -0.15) is 0 Å². The Morgan fingerprint density at radius 2 is 1.73 bits per heavy atom. The average Bonchev–Trinajstić information content (AvgIpc) is 2.97. The number of benzene rings is 2. The third kappa shape index (κ3) is 2.98. The summed E-state index contributed by atoms with van der Waals surface area (Å²) in [5.41, 5.74) is 0.618. The lowest BCUT2D eigenvalue weighted by Gasteiger charge is -2.01. The molecule has 0 spiro atoms. The SMILES string of the molecule is O=C(Nc1cccc(F)c1)c1nnc(-c2cccc(F)c2)o1. The van der Waals surface area contributed by atoms with Crippen LogP contribution in [0.5, 0.6) is 0 Å². The first-order valence-corrected chi connectivity index (χ1v) is 6.28. The molecule has 0 fully saturated rings. The first-order chi connectivity index (χ1) is 10.6. The maximum Gasteiger partial charge on any atom is 0.313 e. The number of anilines is 1. The van der Waals surface area contributed by atoms with Gasteiger partial charge in [-0.25, -0.2) is 8.78 Å². The van der Waals surface area contributed by atoms with Gasteiger partial charge in [-0.1, -0.05) is 12.1 Å². The van der Waals surface area contributed by atoms with Crippen molar-refractivity contribution in [2.24, 2.45) is 0 Å². The van der Waals surface area contributed by atoms with Gasteiger partial charge >= 0.3 is 11.8 Å². The first-order valence-electron chi connectivity index (χ1n) is 6.28. The predicted octanol–water partition coefficient (Wildman–Crippen LogP) is 3.27. The van der Waals surface area contributed by atoms with E-state index in [1.807, 2.05) is 0 Å². The molecule has 0 radical (unpaired) electrons. The fourth-order valence-electron chi connectivity index (χ4n) is 1.80. The van der Waals surface area contributed by atoms with Gasteiger partial charge in [0, 0.05) is 11.3 Å². The van der Waals surface area contributed by atoms with Crippen LogP contribution in [0.25, 0.3) is 11.5 Å². The number of nitrogens with zero attached hydrogens (tertiary/aromatic N) is 2. The number of halogens is 2. The summed E-state index contributed by atoms with van der Waals surface area (Å²) in [5, 5.41) is 9.71. The van der Waals surface area contributed by atoms with Crippen LogP contribution in [0.4, 0.5) is 14.5 Å². The van der Waals surface area contributed by atoms with Crippen LogP contribution < -0.4 is 5.32 Å². The topological polar surface area (TPSA) is 68.0 Å². The summed E-state index contributed by atoms with van der Waals surface area (Å²) in [4.78, 5) is 11.9. The Morgan fingerprint density at radius 1 is 1.00 bits per heavy atom. The van der Waals surface area contributed by atoms with Crippen molar-refractivity contribution in [2.45, 2.75) is 0 Å². The maximum absolute atomic E-state index is 13.1. The second-order valence-electron chi connectivity index (χ2n) is 4.39. The minimum absolute atomic E-state index is 0.0175. The highest BCUT2D eigenvalue weighted by molar-refractivity contribution is 6.00. The molecule has 110 valence electrons. The van der Waals surface area contributed by atoms with E-state index in [9.17, 15) is 13.6 Å². The Morgan fingerprint density at radius 3 is 2.45 bits per heavy atom. The van der Waals surface area contributed by atoms with Crippen molar-refractivity contribution in [2.75, 3.05) is 5.32 Å². The van der Waals surface area contributed by atoms with Crippen molar-refractivity contribution < 1.29 is 18.0 Å². The largest absolute Gasteiger partial charge is 0.412 e. The molecule has 2 aromatic carbocycles. The Kier molecular flexibility index (Phi) is 3.61. The molecule has 1 N–H and O–H groups in total. The molecule has 7 heteroatoms. The molecule has 0 aliphatic rings. The van der Waals surface area contributed by atoms with Crippen molar-refractivity contribution in [3.05, 3.63) is 66.1 Å². The summed E-state index contributed by atoms with van der Waals surface area (Å²) < 4.78 is 31.4. The van der Waals surface area contributed by atoms with Gasteiger partial charge in [0.05, 0.1) is 0 Å². The molecule has 1 amide bonds. The molecular formula is C15H9F2N3O2. The second kappa shape index (κ2) is 5.72. The van der Waals surface area contributed by atoms with E-state index in [1.54, 1.807) is 6.07 Å². The van der Waals surface area contributed by atoms with E-state index in [0.717, 1.165) is 6.07 Å². The van der Waals surface area contributed by atoms with Gasteiger partial charge in [0.1, 0.15) is 11.6 Å². The molecule has 0 atom stereocenters. The molecular weight excluding hydrogens is 292 g/mol. The number of carbonyl (C=O) groups is 1. The highest BCUT2D eigenvalue weighted by Gasteiger charge is 2.16. The highest BCUT2D eigenvalue weighted by atomic mass is 19.1. The third-order valence-corrected chi connectivity index (χ3v) is 2.77. The van der Waals surface area contributed by atoms with Crippen molar-refractivity contribution in [1.29, 1.82) is 0 Å². The number of rotatable bonds is 3. The summed E-state index contributed by atoms with van der Waals surface area (Å²) >= 11 is 0. The first kappa shape index (κ1) is 13.9. The van der Waals surface area contributed by atoms with E-state index < -0.39 is 17.5 Å². The van der Waals surface area contributed by atoms with E-state index in [1.165, 1.54) is 36.4 Å². The van der Waals surface area contributed by atoms with Crippen molar-refractivity contribution >= 4 is 11.6 Å². The molecule has 1 heterocycles. The average molecular weight is 301 g/mol. The summed E-state index contributed by atoms with van der Waals surface area (Å²) in [5.74, 6) is -1.90. The molecule has 1 aromatic heterocycles. The Balaban J connectivity index is 1.80. The summed E-state index contributed by atoms with van der Waals surface area (Å²) in [7, 11) is 0. The van der Waals surface area contributed by atoms with Crippen LogP contribution in [-0.4, -0.2) is 16.1 Å². The Bertz CT molecular complexity index is 833. The highest BCUT2D eigenvalue weighted by Crippen LogP contribution is 2.19. The van der Waals surface area contributed by atoms with E-state index in [2.05, 4.69) is 15.5 Å². The molecule has 0 aliphatic carbocycles. The van der Waals surface area contributed by atoms with Crippen LogP contribution in [-0.2, 0) is 0 Å². The quantitative estimate of drug-likeness (QED) is 0.806. The second-order valence-corrected chi connectivity index (χ2v) is 4.39. The van der Waals surface area contributed by atoms with Gasteiger partial charge < -0.3 is 9.73 Å². The molecule has 0 aliphatic heterocycles. The zero-order valence-electron chi connectivity index (χ0n) is 11.1. The van der Waals surface area contributed by atoms with Gasteiger partial charge in [-0.15, -0.1) is 10.2 Å². The minimum atomic E-state index is -0.680. The fraction of sp³-hybridized carbons (Fsp3) is 0. The lowest BCUT2D eigenvalue weighted by Crippen LogP contribution is -2.12. The molecule has 3 rings (SSSR count). The number of nitrogens with one attached hydrogen (secondary N) is 1. The zero-order valence-corrected chi connectivity index (χ0v) is 11.1. The monoisotopic (exact) mass is 301 g/mol. The van der Waals surface area contributed by atoms with Crippen LogP contribution in [0.2, 0.25) is 0 Å². The lowest BCUT2D eigenvalue weighted by atomic mass is 10.2. The Labute approximate surface area is 123 Å². The summed E-state index contributed by atoms with van der Waals surface area (Å²) in [6.45, 7) is 0. The number of amides is 1. The molecule has 3 aromatic rings. The third-order valence-electron chi connectivity index (χ3n) is 2.77. The van der Waals surface area contributed by atoms with E-state index in [0.29, 0.717) is 5.56 Å². The number of hydrogen-bond acceptors (Lipinski definition) is 4. The Hall–Kier alpha value is -3.09. The van der Waals surface area contributed by atoms with Gasteiger partial charge in [0.2, 0.25) is 5.89 Å². The molecule has 22 heavy (non-hydrogen) atoms. The molecule has 0 saturated heterocycles. The smallest absolute Gasteiger partial charge is 0.313 e. The van der Waals surface area contributed by atoms with Crippen molar-refractivity contribution in [1.82, 2.24) is 10.2 Å². The van der Waals surface area contributed by atoms with Gasteiger partial charge in [0.25, 0.3) is 0 Å². The van der Waals surface area contributed by atoms with E-state index in [-0.39, 0.29) is 17.5 Å². The van der Waals surface area contributed by atoms with Crippen LogP contribution >= 0.6 is 0 Å². The fourth-order valence-corrected chi connectivity index (χ4v) is 1.80. The number of carbonyl (C=O) groups excluding carboxylic acids is 1. The molecule has 0 saturated carbocycles. The summed E-state index contributed by atoms with van der Waals surface area (Å²) in [6.07, 6.45) is 0. The molecule has 0 bridgehead atoms. The minimum Gasteiger partial charge on any atom is -0.412 e. The predicted molar refractivity (Wildman–Crippen MR) is 74.0 cm³/mol. The standard InChI is InChI=1S/C15H9F2N3O2/c16-10-4-1-3-9(7-10)14-19-20-15(22-14)13(21)18-12-6-2-5-11(17)8-12/h1-8H,(H,18,21). The number of hydrogen-bond donors (Lipinski definition) is 1. The van der Waals surface area contributed by atoms with Crippen LogP contribution in [0.15, 0.2) is 52.9 Å². The van der Waals surface area contributed by atoms with Crippen LogP contribution in [0, 0.1) is 11.6 Å². The van der Waals surface area contributed by atoms with Gasteiger partial charge in [-0.05, 0) is 36.4 Å². The van der Waals surface area contributed by atoms with E-state index >= 15 is 0 Å². The lowest BCUT2D eigenvalue weighted by molar-refractivity contribution is 0.0991. The van der Waals surface area contributed by atoms with Gasteiger partial charge in [-0.3, -0.25) is 4.79 Å². The normalized spacial score (nSPS) is 10.5. The van der Waals surface area contributed by atoms with Crippen molar-refractivity contribution in [3.63, 3.8) is 0 Å². The number of aromatic nitrogens is 2. The van der Waals surface area contributed by atoms with Gasteiger partial charge in [0.15, 0.2) is 0 Å². The van der Waals surface area contributed by atoms with Crippen LogP contribution in [0.1, 0.15) is 10.7 Å². The molecule has 5 nitrogen and oxygen atoms in total.